The number of rotatable bonds is 3. The smallest absolute Gasteiger partial charge is 0.326 e. The number of hydrogen-bond donors (Lipinski definition) is 1. The van der Waals surface area contributed by atoms with Crippen LogP contribution in [0, 0.1) is 6.92 Å². The van der Waals surface area contributed by atoms with Gasteiger partial charge in [-0.05, 0) is 19.3 Å². The van der Waals surface area contributed by atoms with Crippen LogP contribution in [0.3, 0.4) is 0 Å². The third-order valence-corrected chi connectivity index (χ3v) is 3.11. The molecule has 1 aliphatic rings. The number of oxazole rings is 1. The molecule has 98 valence electrons. The Kier molecular flexibility index (Phi) is 3.64. The van der Waals surface area contributed by atoms with Crippen LogP contribution in [0.1, 0.15) is 30.8 Å². The van der Waals surface area contributed by atoms with Crippen molar-refractivity contribution >= 4 is 11.9 Å². The first-order chi connectivity index (χ1) is 8.58. The van der Waals surface area contributed by atoms with Crippen molar-refractivity contribution in [3.05, 3.63) is 17.8 Å². The van der Waals surface area contributed by atoms with Crippen molar-refractivity contribution in [3.63, 3.8) is 0 Å². The number of carboxylic acids is 1. The van der Waals surface area contributed by atoms with Crippen LogP contribution in [0.25, 0.3) is 0 Å². The molecule has 1 aromatic rings. The second kappa shape index (κ2) is 5.20. The number of aryl methyl sites for hydroxylation is 1. The number of carbonyl (C=O) groups is 2. The lowest BCUT2D eigenvalue weighted by Crippen LogP contribution is -2.48. The number of amides is 1. The van der Waals surface area contributed by atoms with E-state index in [1.165, 1.54) is 11.2 Å². The Labute approximate surface area is 105 Å². The molecule has 0 aliphatic carbocycles. The molecule has 1 atom stereocenters. The molecular formula is C12H16N2O4. The molecule has 0 aromatic carbocycles. The average Bonchev–Trinajstić information content (AvgIpc) is 2.74. The molecule has 1 aromatic heterocycles. The van der Waals surface area contributed by atoms with Crippen LogP contribution in [0.2, 0.25) is 0 Å². The minimum absolute atomic E-state index is 0.0983. The topological polar surface area (TPSA) is 83.6 Å². The molecule has 1 N–H and O–H groups in total. The Morgan fingerprint density at radius 2 is 2.33 bits per heavy atom. The van der Waals surface area contributed by atoms with E-state index in [-0.39, 0.29) is 12.3 Å². The van der Waals surface area contributed by atoms with Crippen molar-refractivity contribution in [3.8, 4) is 0 Å². The van der Waals surface area contributed by atoms with Gasteiger partial charge in [-0.3, -0.25) is 4.79 Å². The number of carboxylic acid groups (broad SMARTS) is 1. The van der Waals surface area contributed by atoms with Gasteiger partial charge in [-0.1, -0.05) is 0 Å². The first-order valence-corrected chi connectivity index (χ1v) is 6.01. The van der Waals surface area contributed by atoms with Gasteiger partial charge in [0.15, 0.2) is 5.89 Å². The fourth-order valence-electron chi connectivity index (χ4n) is 2.23. The fraction of sp³-hybridized carbons (Fsp3) is 0.583. The van der Waals surface area contributed by atoms with E-state index in [0.29, 0.717) is 24.6 Å². The highest BCUT2D eigenvalue weighted by atomic mass is 16.4. The summed E-state index contributed by atoms with van der Waals surface area (Å²) in [5.41, 5.74) is 0.548. The van der Waals surface area contributed by atoms with Crippen LogP contribution in [0.4, 0.5) is 0 Å². The molecule has 2 rings (SSSR count). The summed E-state index contributed by atoms with van der Waals surface area (Å²) >= 11 is 0. The molecule has 1 fully saturated rings. The number of aromatic nitrogens is 1. The lowest BCUT2D eigenvalue weighted by Gasteiger charge is -2.32. The Morgan fingerprint density at radius 3 is 2.94 bits per heavy atom. The predicted molar refractivity (Wildman–Crippen MR) is 61.9 cm³/mol. The van der Waals surface area contributed by atoms with E-state index in [0.717, 1.165) is 12.8 Å². The van der Waals surface area contributed by atoms with Gasteiger partial charge >= 0.3 is 5.97 Å². The maximum Gasteiger partial charge on any atom is 0.326 e. The molecular weight excluding hydrogens is 236 g/mol. The Bertz CT molecular complexity index is 455. The predicted octanol–water partition coefficient (Wildman–Crippen LogP) is 0.991. The zero-order chi connectivity index (χ0) is 13.1. The van der Waals surface area contributed by atoms with Crippen molar-refractivity contribution in [2.45, 2.75) is 38.6 Å². The Morgan fingerprint density at radius 1 is 1.56 bits per heavy atom. The summed E-state index contributed by atoms with van der Waals surface area (Å²) < 4.78 is 5.03. The molecule has 0 saturated carbocycles. The average molecular weight is 252 g/mol. The van der Waals surface area contributed by atoms with E-state index in [2.05, 4.69) is 4.98 Å². The zero-order valence-corrected chi connectivity index (χ0v) is 10.3. The van der Waals surface area contributed by atoms with Gasteiger partial charge < -0.3 is 14.4 Å². The van der Waals surface area contributed by atoms with Gasteiger partial charge in [0, 0.05) is 13.5 Å². The molecule has 0 spiro atoms. The number of hydrogen-bond acceptors (Lipinski definition) is 4. The molecule has 0 bridgehead atoms. The minimum Gasteiger partial charge on any atom is -0.480 e. The third kappa shape index (κ3) is 2.69. The highest BCUT2D eigenvalue weighted by Crippen LogP contribution is 2.18. The van der Waals surface area contributed by atoms with Crippen LogP contribution in [-0.4, -0.2) is 39.5 Å². The number of piperidine rings is 1. The molecule has 18 heavy (non-hydrogen) atoms. The summed E-state index contributed by atoms with van der Waals surface area (Å²) in [5, 5.41) is 9.10. The summed E-state index contributed by atoms with van der Waals surface area (Å²) in [6, 6.07) is -0.695. The normalized spacial score (nSPS) is 19.8. The Hall–Kier alpha value is -1.85. The van der Waals surface area contributed by atoms with Gasteiger partial charge in [0.25, 0.3) is 0 Å². The zero-order valence-electron chi connectivity index (χ0n) is 10.3. The van der Waals surface area contributed by atoms with Crippen LogP contribution in [0.15, 0.2) is 10.7 Å². The quantitative estimate of drug-likeness (QED) is 0.867. The van der Waals surface area contributed by atoms with E-state index in [1.54, 1.807) is 6.92 Å². The SMILES string of the molecule is Cc1nc(CC(=O)N2CCCCC2C(=O)O)co1. The second-order valence-corrected chi connectivity index (χ2v) is 4.47. The fourth-order valence-corrected chi connectivity index (χ4v) is 2.23. The van der Waals surface area contributed by atoms with Crippen LogP contribution >= 0.6 is 0 Å². The number of carbonyl (C=O) groups excluding carboxylic acids is 1. The van der Waals surface area contributed by atoms with E-state index >= 15 is 0 Å². The molecule has 1 aliphatic heterocycles. The van der Waals surface area contributed by atoms with Crippen LogP contribution in [0.5, 0.6) is 0 Å². The summed E-state index contributed by atoms with van der Waals surface area (Å²) in [6.45, 7) is 2.21. The summed E-state index contributed by atoms with van der Waals surface area (Å²) in [6.07, 6.45) is 3.77. The van der Waals surface area contributed by atoms with Gasteiger partial charge in [-0.15, -0.1) is 0 Å². The van der Waals surface area contributed by atoms with Crippen LogP contribution in [-0.2, 0) is 16.0 Å². The highest BCUT2D eigenvalue weighted by Gasteiger charge is 2.31. The lowest BCUT2D eigenvalue weighted by atomic mass is 10.0. The van der Waals surface area contributed by atoms with Crippen molar-refractivity contribution in [2.24, 2.45) is 0 Å². The maximum atomic E-state index is 12.1. The van der Waals surface area contributed by atoms with E-state index in [9.17, 15) is 9.59 Å². The first-order valence-electron chi connectivity index (χ1n) is 6.01. The summed E-state index contributed by atoms with van der Waals surface area (Å²) in [5.74, 6) is -0.624. The maximum absolute atomic E-state index is 12.1. The van der Waals surface area contributed by atoms with Gasteiger partial charge in [0.05, 0.1) is 12.1 Å². The third-order valence-electron chi connectivity index (χ3n) is 3.11. The molecule has 1 saturated heterocycles. The van der Waals surface area contributed by atoms with E-state index in [1.807, 2.05) is 0 Å². The van der Waals surface area contributed by atoms with Crippen LogP contribution < -0.4 is 0 Å². The molecule has 1 amide bonds. The van der Waals surface area contributed by atoms with Crippen molar-refractivity contribution in [1.82, 2.24) is 9.88 Å². The molecule has 6 nitrogen and oxygen atoms in total. The molecule has 1 unspecified atom stereocenters. The van der Waals surface area contributed by atoms with Gasteiger partial charge in [0.2, 0.25) is 5.91 Å². The van der Waals surface area contributed by atoms with Gasteiger partial charge in [0.1, 0.15) is 12.3 Å². The van der Waals surface area contributed by atoms with E-state index in [4.69, 9.17) is 9.52 Å². The monoisotopic (exact) mass is 252 g/mol. The lowest BCUT2D eigenvalue weighted by molar-refractivity contribution is -0.151. The summed E-state index contributed by atoms with van der Waals surface area (Å²) in [7, 11) is 0. The molecule has 6 heteroatoms. The number of aliphatic carboxylic acids is 1. The van der Waals surface area contributed by atoms with Crippen molar-refractivity contribution < 1.29 is 19.1 Å². The van der Waals surface area contributed by atoms with Crippen molar-refractivity contribution in [1.29, 1.82) is 0 Å². The van der Waals surface area contributed by atoms with Gasteiger partial charge in [-0.25, -0.2) is 9.78 Å². The highest BCUT2D eigenvalue weighted by molar-refractivity contribution is 5.84. The van der Waals surface area contributed by atoms with Crippen molar-refractivity contribution in [2.75, 3.05) is 6.54 Å². The Balaban J connectivity index is 2.04. The largest absolute Gasteiger partial charge is 0.480 e. The minimum atomic E-state index is -0.931. The molecule has 0 radical (unpaired) electrons. The number of likely N-dealkylation sites (tertiary alicyclic amines) is 1. The standard InChI is InChI=1S/C12H16N2O4/c1-8-13-9(7-18-8)6-11(15)14-5-3-2-4-10(14)12(16)17/h7,10H,2-6H2,1H3,(H,16,17). The second-order valence-electron chi connectivity index (χ2n) is 4.47. The molecule has 2 heterocycles. The van der Waals surface area contributed by atoms with E-state index < -0.39 is 12.0 Å². The first kappa shape index (κ1) is 12.6. The van der Waals surface area contributed by atoms with Gasteiger partial charge in [-0.2, -0.15) is 0 Å². The summed E-state index contributed by atoms with van der Waals surface area (Å²) in [4.78, 5) is 28.7. The number of nitrogens with zero attached hydrogens (tertiary/aromatic N) is 2.